The molecule has 3 heteroatoms. The Morgan fingerprint density at radius 1 is 1.00 bits per heavy atom. The Labute approximate surface area is 134 Å². The van der Waals surface area contributed by atoms with Crippen LogP contribution in [0.2, 0.25) is 0 Å². The minimum atomic E-state index is 0.251. The van der Waals surface area contributed by atoms with Crippen LogP contribution in [-0.4, -0.2) is 10.1 Å². The van der Waals surface area contributed by atoms with Gasteiger partial charge in [0, 0.05) is 16.9 Å². The third-order valence-corrected chi connectivity index (χ3v) is 4.35. The highest BCUT2D eigenvalue weighted by molar-refractivity contribution is 7.12. The lowest BCUT2D eigenvalue weighted by Gasteiger charge is -1.98. The summed E-state index contributed by atoms with van der Waals surface area (Å²) >= 11 is 1.64. The molecule has 0 saturated heterocycles. The van der Waals surface area contributed by atoms with Crippen molar-refractivity contribution in [2.24, 2.45) is 0 Å². The first-order chi connectivity index (χ1) is 10.7. The molecule has 0 aliphatic rings. The fraction of sp³-hybridized carbons (Fsp3) is 0.105. The summed E-state index contributed by atoms with van der Waals surface area (Å²) in [7, 11) is 0. The molecule has 0 radical (unpaired) electrons. The summed E-state index contributed by atoms with van der Waals surface area (Å²) in [6, 6.07) is 17.3. The van der Waals surface area contributed by atoms with E-state index in [0.29, 0.717) is 0 Å². The van der Waals surface area contributed by atoms with Crippen LogP contribution < -0.4 is 0 Å². The molecule has 1 heterocycles. The number of phenolic OH excluding ortho intramolecular Hbond substituents is 1. The summed E-state index contributed by atoms with van der Waals surface area (Å²) in [6.07, 6.45) is 0.894. The number of nitrogens with zero attached hydrogens (tertiary/aromatic N) is 1. The Balaban J connectivity index is 1.79. The molecule has 0 atom stereocenters. The lowest BCUT2D eigenvalue weighted by Crippen LogP contribution is -1.86. The van der Waals surface area contributed by atoms with Crippen LogP contribution in [-0.2, 0) is 6.42 Å². The van der Waals surface area contributed by atoms with Gasteiger partial charge < -0.3 is 5.11 Å². The molecule has 0 fully saturated rings. The normalized spacial score (nSPS) is 10.0. The van der Waals surface area contributed by atoms with Crippen LogP contribution in [0.1, 0.15) is 26.7 Å². The summed E-state index contributed by atoms with van der Waals surface area (Å²) in [5.74, 6) is 6.43. The van der Waals surface area contributed by atoms with Crippen LogP contribution in [0.25, 0.3) is 0 Å². The van der Waals surface area contributed by atoms with Gasteiger partial charge in [0.15, 0.2) is 5.01 Å². The van der Waals surface area contributed by atoms with Crippen LogP contribution >= 0.6 is 11.3 Å². The summed E-state index contributed by atoms with van der Waals surface area (Å²) in [6.45, 7) is 2.03. The minimum absolute atomic E-state index is 0.251. The van der Waals surface area contributed by atoms with Crippen LogP contribution in [0.3, 0.4) is 0 Å². The van der Waals surface area contributed by atoms with E-state index in [0.717, 1.165) is 22.7 Å². The van der Waals surface area contributed by atoms with E-state index in [1.54, 1.807) is 35.6 Å². The van der Waals surface area contributed by atoms with Gasteiger partial charge in [0.2, 0.25) is 0 Å². The summed E-state index contributed by atoms with van der Waals surface area (Å²) < 4.78 is 0. The van der Waals surface area contributed by atoms with E-state index in [4.69, 9.17) is 0 Å². The van der Waals surface area contributed by atoms with Gasteiger partial charge in [-0.3, -0.25) is 0 Å². The van der Waals surface area contributed by atoms with Crippen molar-refractivity contribution in [2.45, 2.75) is 13.3 Å². The Hall–Kier alpha value is -2.57. The molecule has 1 aromatic heterocycles. The Morgan fingerprint density at radius 3 is 2.45 bits per heavy atom. The van der Waals surface area contributed by atoms with E-state index in [9.17, 15) is 5.11 Å². The van der Waals surface area contributed by atoms with Crippen LogP contribution in [0.5, 0.6) is 5.75 Å². The molecule has 3 aromatic rings. The van der Waals surface area contributed by atoms with E-state index in [1.165, 1.54) is 10.4 Å². The minimum Gasteiger partial charge on any atom is -0.508 e. The van der Waals surface area contributed by atoms with Crippen LogP contribution in [0, 0.1) is 18.8 Å². The lowest BCUT2D eigenvalue weighted by atomic mass is 10.1. The second-order valence-corrected chi connectivity index (χ2v) is 6.07. The maximum atomic E-state index is 9.26. The molecule has 0 unspecified atom stereocenters. The van der Waals surface area contributed by atoms with Gasteiger partial charge in [0.25, 0.3) is 0 Å². The molecular weight excluding hydrogens is 290 g/mol. The van der Waals surface area contributed by atoms with Crippen molar-refractivity contribution < 1.29 is 5.11 Å². The number of aryl methyl sites for hydroxylation is 1. The van der Waals surface area contributed by atoms with E-state index >= 15 is 0 Å². The van der Waals surface area contributed by atoms with Crippen molar-refractivity contribution >= 4 is 11.3 Å². The zero-order valence-corrected chi connectivity index (χ0v) is 13.0. The van der Waals surface area contributed by atoms with E-state index in [1.807, 2.05) is 13.0 Å². The van der Waals surface area contributed by atoms with Crippen molar-refractivity contribution in [2.75, 3.05) is 0 Å². The maximum absolute atomic E-state index is 9.26. The van der Waals surface area contributed by atoms with Crippen molar-refractivity contribution in [3.05, 3.63) is 81.3 Å². The van der Waals surface area contributed by atoms with E-state index < -0.39 is 0 Å². The number of hydrogen-bond donors (Lipinski definition) is 1. The summed E-state index contributed by atoms with van der Waals surface area (Å²) in [5, 5.41) is 10.1. The zero-order valence-electron chi connectivity index (χ0n) is 12.2. The molecule has 2 nitrogen and oxygen atoms in total. The van der Waals surface area contributed by atoms with Gasteiger partial charge >= 0.3 is 0 Å². The molecular formula is C19H15NOS. The Bertz CT molecular complexity index is 823. The second-order valence-electron chi connectivity index (χ2n) is 4.99. The average Bonchev–Trinajstić information content (AvgIpc) is 2.88. The fourth-order valence-electron chi connectivity index (χ4n) is 2.10. The van der Waals surface area contributed by atoms with E-state index in [-0.39, 0.29) is 5.75 Å². The number of rotatable bonds is 2. The summed E-state index contributed by atoms with van der Waals surface area (Å²) in [5.41, 5.74) is 3.20. The molecule has 0 bridgehead atoms. The SMILES string of the molecule is Cc1nc(C#Cc2ccc(O)cc2)sc1Cc1ccccc1. The fourth-order valence-corrected chi connectivity index (χ4v) is 3.05. The summed E-state index contributed by atoms with van der Waals surface area (Å²) in [4.78, 5) is 5.79. The zero-order chi connectivity index (χ0) is 15.4. The molecule has 2 aromatic carbocycles. The molecule has 1 N–H and O–H groups in total. The van der Waals surface area contributed by atoms with Crippen molar-refractivity contribution in [1.82, 2.24) is 4.98 Å². The van der Waals surface area contributed by atoms with E-state index in [2.05, 4.69) is 41.1 Å². The number of aromatic nitrogens is 1. The highest BCUT2D eigenvalue weighted by atomic mass is 32.1. The van der Waals surface area contributed by atoms with Gasteiger partial charge in [-0.25, -0.2) is 4.98 Å². The predicted molar refractivity (Wildman–Crippen MR) is 90.2 cm³/mol. The molecule has 0 saturated carbocycles. The first kappa shape index (κ1) is 14.4. The highest BCUT2D eigenvalue weighted by Crippen LogP contribution is 2.21. The Morgan fingerprint density at radius 2 is 1.73 bits per heavy atom. The number of hydrogen-bond acceptors (Lipinski definition) is 3. The third-order valence-electron chi connectivity index (χ3n) is 3.28. The maximum Gasteiger partial charge on any atom is 0.167 e. The number of benzene rings is 2. The Kier molecular flexibility index (Phi) is 4.22. The second kappa shape index (κ2) is 6.46. The predicted octanol–water partition coefficient (Wildman–Crippen LogP) is 4.15. The van der Waals surface area contributed by atoms with Crippen LogP contribution in [0.4, 0.5) is 0 Å². The molecule has 0 amide bonds. The van der Waals surface area contributed by atoms with Crippen molar-refractivity contribution in [3.63, 3.8) is 0 Å². The van der Waals surface area contributed by atoms with Gasteiger partial charge in [-0.05, 0) is 42.7 Å². The lowest BCUT2D eigenvalue weighted by molar-refractivity contribution is 0.475. The number of phenols is 1. The molecule has 0 spiro atoms. The third kappa shape index (κ3) is 3.55. The van der Waals surface area contributed by atoms with Gasteiger partial charge in [-0.2, -0.15) is 0 Å². The quantitative estimate of drug-likeness (QED) is 0.722. The number of aromatic hydroxyl groups is 1. The van der Waals surface area contributed by atoms with Gasteiger partial charge in [0.1, 0.15) is 5.75 Å². The molecule has 0 aliphatic carbocycles. The van der Waals surface area contributed by atoms with Crippen LogP contribution in [0.15, 0.2) is 54.6 Å². The molecule has 3 rings (SSSR count). The molecule has 0 aliphatic heterocycles. The largest absolute Gasteiger partial charge is 0.508 e. The standard InChI is InChI=1S/C19H15NOS/c1-14-18(13-16-5-3-2-4-6-16)22-19(20-14)12-9-15-7-10-17(21)11-8-15/h2-8,10-11,21H,13H2,1H3. The number of thiazole rings is 1. The van der Waals surface area contributed by atoms with Gasteiger partial charge in [0.05, 0.1) is 5.69 Å². The smallest absolute Gasteiger partial charge is 0.167 e. The van der Waals surface area contributed by atoms with Crippen molar-refractivity contribution in [3.8, 4) is 17.6 Å². The average molecular weight is 305 g/mol. The monoisotopic (exact) mass is 305 g/mol. The van der Waals surface area contributed by atoms with Gasteiger partial charge in [-0.15, -0.1) is 11.3 Å². The van der Waals surface area contributed by atoms with Gasteiger partial charge in [-0.1, -0.05) is 36.3 Å². The first-order valence-electron chi connectivity index (χ1n) is 7.02. The highest BCUT2D eigenvalue weighted by Gasteiger charge is 2.06. The van der Waals surface area contributed by atoms with Crippen molar-refractivity contribution in [1.29, 1.82) is 0 Å². The topological polar surface area (TPSA) is 33.1 Å². The molecule has 22 heavy (non-hydrogen) atoms. The first-order valence-corrected chi connectivity index (χ1v) is 7.83. The molecule has 108 valence electrons.